The number of thioether (sulfide) groups is 1. The average Bonchev–Trinajstić information content (AvgIpc) is 2.61. The largest absolute Gasteiger partial charge is 0.444 e. The molecule has 0 aliphatic rings. The van der Waals surface area contributed by atoms with E-state index in [1.54, 1.807) is 32.5 Å². The third-order valence-corrected chi connectivity index (χ3v) is 3.93. The number of rotatable bonds is 11. The first-order valence-corrected chi connectivity index (χ1v) is 11.8. The van der Waals surface area contributed by atoms with Gasteiger partial charge in [-0.3, -0.25) is 9.59 Å². The van der Waals surface area contributed by atoms with Crippen molar-refractivity contribution in [3.63, 3.8) is 0 Å². The first-order chi connectivity index (χ1) is 13.9. The predicted octanol–water partition coefficient (Wildman–Crippen LogP) is 3.39. The molecular weight excluding hydrogens is 406 g/mol. The first kappa shape index (κ1) is 30.4. The molecule has 0 rings (SSSR count). The van der Waals surface area contributed by atoms with Crippen LogP contribution < -0.4 is 16.0 Å². The highest BCUT2D eigenvalue weighted by Gasteiger charge is 2.25. The van der Waals surface area contributed by atoms with Gasteiger partial charge in [0, 0.05) is 2.85 Å². The topological polar surface area (TPSA) is 114 Å². The second-order valence-electron chi connectivity index (χ2n) is 8.34. The quantitative estimate of drug-likeness (QED) is 0.415. The van der Waals surface area contributed by atoms with Gasteiger partial charge in [-0.2, -0.15) is 11.8 Å². The van der Waals surface area contributed by atoms with Crippen LogP contribution in [0.15, 0.2) is 0 Å². The summed E-state index contributed by atoms with van der Waals surface area (Å²) in [7, 11) is 0. The number of hydrogen-bond donors (Lipinski definition) is 3. The fraction of sp³-hybridized carbons (Fsp3) is 0.810. The highest BCUT2D eigenvalue weighted by molar-refractivity contribution is 7.98. The van der Waals surface area contributed by atoms with Gasteiger partial charge >= 0.3 is 6.09 Å². The Morgan fingerprint density at radius 2 is 1.70 bits per heavy atom. The number of carbonyl (C=O) groups excluding carboxylic acids is 4. The fourth-order valence-corrected chi connectivity index (χ4v) is 2.61. The van der Waals surface area contributed by atoms with Gasteiger partial charge in [0.05, 0.1) is 12.6 Å². The van der Waals surface area contributed by atoms with Gasteiger partial charge in [-0.05, 0) is 51.5 Å². The number of hydrogen-bond acceptors (Lipinski definition) is 6. The van der Waals surface area contributed by atoms with Crippen LogP contribution in [0.4, 0.5) is 4.79 Å². The summed E-state index contributed by atoms with van der Waals surface area (Å²) in [6.45, 7) is 13.0. The Balaban J connectivity index is -0.000000738. The molecule has 9 heteroatoms. The van der Waals surface area contributed by atoms with Gasteiger partial charge in [0.2, 0.25) is 11.8 Å². The van der Waals surface area contributed by atoms with Crippen LogP contribution in [-0.4, -0.2) is 60.4 Å². The van der Waals surface area contributed by atoms with Crippen LogP contribution in [0.25, 0.3) is 0 Å². The Hall–Kier alpha value is -1.77. The molecule has 0 saturated carbocycles. The predicted molar refractivity (Wildman–Crippen MR) is 127 cm³/mol. The van der Waals surface area contributed by atoms with Gasteiger partial charge in [-0.25, -0.2) is 4.79 Å². The van der Waals surface area contributed by atoms with Gasteiger partial charge in [0.25, 0.3) is 0 Å². The molecule has 30 heavy (non-hydrogen) atoms. The Kier molecular flexibility index (Phi) is 17.2. The van der Waals surface area contributed by atoms with E-state index in [-0.39, 0.29) is 15.3 Å². The minimum absolute atomic E-state index is 0. The number of ether oxygens (including phenoxy) is 1. The molecule has 0 aliphatic heterocycles. The van der Waals surface area contributed by atoms with Crippen LogP contribution in [0.2, 0.25) is 0 Å². The summed E-state index contributed by atoms with van der Waals surface area (Å²) in [5, 5.41) is 7.60. The lowest BCUT2D eigenvalue weighted by atomic mass is 10.0. The standard InChI is InChI=1S/C18H33N3O5S.C3H8.2H2/c1-12(2)9-14(21-17(25)26-18(3,4)5)16(24)19-10-15(23)20-13(11-22)7-8-27-6;1-3-2;;/h11-14H,7-10H2,1-6H3,(H,19,24)(H,20,23)(H,21,25);3H2,1-2H3;2*1H/t13-,14-;;;/m0.../s1. The molecule has 0 aliphatic carbocycles. The lowest BCUT2D eigenvalue weighted by molar-refractivity contribution is -0.128. The lowest BCUT2D eigenvalue weighted by Crippen LogP contribution is -2.51. The average molecular weight is 452 g/mol. The molecule has 3 N–H and O–H groups in total. The molecule has 0 bridgehead atoms. The minimum atomic E-state index is -0.814. The Morgan fingerprint density at radius 3 is 2.13 bits per heavy atom. The van der Waals surface area contributed by atoms with Crippen LogP contribution in [0.1, 0.15) is 70.6 Å². The van der Waals surface area contributed by atoms with E-state index in [9.17, 15) is 19.2 Å². The van der Waals surface area contributed by atoms with Crippen LogP contribution in [0, 0.1) is 5.92 Å². The molecule has 180 valence electrons. The van der Waals surface area contributed by atoms with Crippen molar-refractivity contribution in [2.24, 2.45) is 5.92 Å². The summed E-state index contributed by atoms with van der Waals surface area (Å²) in [5.74, 6) is -0.0409. The van der Waals surface area contributed by atoms with Crippen molar-refractivity contribution in [3.05, 3.63) is 0 Å². The highest BCUT2D eigenvalue weighted by Crippen LogP contribution is 2.09. The third-order valence-electron chi connectivity index (χ3n) is 3.28. The van der Waals surface area contributed by atoms with Crippen LogP contribution in [0.3, 0.4) is 0 Å². The maximum atomic E-state index is 12.4. The Bertz CT molecular complexity index is 532. The second kappa shape index (κ2) is 17.0. The number of alkyl carbamates (subject to hydrolysis) is 1. The number of carbonyl (C=O) groups is 4. The van der Waals surface area contributed by atoms with Gasteiger partial charge < -0.3 is 25.5 Å². The molecule has 3 amide bonds. The molecule has 0 aromatic heterocycles. The van der Waals surface area contributed by atoms with Crippen LogP contribution in [0.5, 0.6) is 0 Å². The summed E-state index contributed by atoms with van der Waals surface area (Å²) in [6, 6.07) is -1.39. The molecule has 0 spiro atoms. The van der Waals surface area contributed by atoms with Crippen LogP contribution >= 0.6 is 11.8 Å². The lowest BCUT2D eigenvalue weighted by Gasteiger charge is -2.24. The molecule has 2 atom stereocenters. The van der Waals surface area contributed by atoms with Gasteiger partial charge in [0.1, 0.15) is 17.9 Å². The van der Waals surface area contributed by atoms with E-state index < -0.39 is 35.6 Å². The Labute approximate surface area is 189 Å². The van der Waals surface area contributed by atoms with Crippen molar-refractivity contribution in [2.45, 2.75) is 85.4 Å². The maximum Gasteiger partial charge on any atom is 0.408 e. The maximum absolute atomic E-state index is 12.4. The summed E-state index contributed by atoms with van der Waals surface area (Å²) in [6.07, 6.45) is 4.08. The zero-order chi connectivity index (χ0) is 23.7. The SMILES string of the molecule is CCC.CSCC[C@@H](C=O)NC(=O)CNC(=O)[C@H](CC(C)C)NC(=O)OC(C)(C)C.[HH].[HH]. The van der Waals surface area contributed by atoms with E-state index in [1.807, 2.05) is 20.1 Å². The molecule has 0 unspecified atom stereocenters. The second-order valence-corrected chi connectivity index (χ2v) is 9.33. The molecule has 0 heterocycles. The molecule has 0 saturated heterocycles. The van der Waals surface area contributed by atoms with Crippen molar-refractivity contribution in [1.82, 2.24) is 16.0 Å². The third kappa shape index (κ3) is 18.3. The molecule has 0 radical (unpaired) electrons. The van der Waals surface area contributed by atoms with E-state index in [4.69, 9.17) is 4.74 Å². The van der Waals surface area contributed by atoms with Crippen molar-refractivity contribution >= 4 is 36.0 Å². The van der Waals surface area contributed by atoms with E-state index in [0.717, 1.165) is 5.75 Å². The van der Waals surface area contributed by atoms with Crippen molar-refractivity contribution in [2.75, 3.05) is 18.6 Å². The zero-order valence-electron chi connectivity index (χ0n) is 19.8. The normalized spacial score (nSPS) is 12.7. The molecule has 0 aromatic rings. The van der Waals surface area contributed by atoms with Crippen molar-refractivity contribution in [1.29, 1.82) is 0 Å². The molecule has 0 aromatic carbocycles. The van der Waals surface area contributed by atoms with Gasteiger partial charge in [-0.15, -0.1) is 0 Å². The van der Waals surface area contributed by atoms with Crippen molar-refractivity contribution < 1.29 is 26.8 Å². The van der Waals surface area contributed by atoms with E-state index in [1.165, 1.54) is 6.42 Å². The summed E-state index contributed by atoms with van der Waals surface area (Å²) in [4.78, 5) is 47.2. The number of nitrogens with one attached hydrogen (secondary N) is 3. The molecular formula is C21H45N3O5S. The van der Waals surface area contributed by atoms with E-state index in [0.29, 0.717) is 19.1 Å². The smallest absolute Gasteiger partial charge is 0.408 e. The van der Waals surface area contributed by atoms with Crippen molar-refractivity contribution in [3.8, 4) is 0 Å². The van der Waals surface area contributed by atoms with E-state index >= 15 is 0 Å². The van der Waals surface area contributed by atoms with Gasteiger partial charge in [0.15, 0.2) is 0 Å². The number of aldehydes is 1. The fourth-order valence-electron chi connectivity index (χ4n) is 2.12. The summed E-state index contributed by atoms with van der Waals surface area (Å²) in [5.41, 5.74) is -0.677. The minimum Gasteiger partial charge on any atom is -0.444 e. The van der Waals surface area contributed by atoms with Crippen LogP contribution in [-0.2, 0) is 19.1 Å². The van der Waals surface area contributed by atoms with Gasteiger partial charge in [-0.1, -0.05) is 34.1 Å². The van der Waals surface area contributed by atoms with E-state index in [2.05, 4.69) is 29.8 Å². The number of amides is 3. The first-order valence-electron chi connectivity index (χ1n) is 10.4. The Morgan fingerprint density at radius 1 is 1.13 bits per heavy atom. The zero-order valence-corrected chi connectivity index (χ0v) is 20.6. The summed E-state index contributed by atoms with van der Waals surface area (Å²) >= 11 is 1.58. The molecule has 8 nitrogen and oxygen atoms in total. The summed E-state index contributed by atoms with van der Waals surface area (Å²) < 4.78 is 5.18. The monoisotopic (exact) mass is 451 g/mol. The highest BCUT2D eigenvalue weighted by atomic mass is 32.2. The molecule has 0 fully saturated rings.